The number of fused-ring (bicyclic) bond motifs is 1. The van der Waals surface area contributed by atoms with Gasteiger partial charge in [0.2, 0.25) is 17.6 Å². The zero-order valence-corrected chi connectivity index (χ0v) is 18.1. The van der Waals surface area contributed by atoms with Crippen molar-refractivity contribution in [2.24, 2.45) is 0 Å². The number of methoxy groups -OCH3 is 1. The summed E-state index contributed by atoms with van der Waals surface area (Å²) in [6.07, 6.45) is 1.30. The number of carbonyl (C=O) groups is 1. The summed E-state index contributed by atoms with van der Waals surface area (Å²) in [5.74, 6) is 2.08. The molecular formula is C23H24N6O4. The number of hydrogen-bond donors (Lipinski definition) is 3. The van der Waals surface area contributed by atoms with E-state index in [9.17, 15) is 9.59 Å². The van der Waals surface area contributed by atoms with Crippen LogP contribution in [0.2, 0.25) is 0 Å². The predicted molar refractivity (Wildman–Crippen MR) is 123 cm³/mol. The van der Waals surface area contributed by atoms with Gasteiger partial charge in [0, 0.05) is 36.9 Å². The van der Waals surface area contributed by atoms with Gasteiger partial charge < -0.3 is 19.9 Å². The third-order valence-electron chi connectivity index (χ3n) is 5.03. The lowest BCUT2D eigenvalue weighted by Gasteiger charge is -2.08. The number of ether oxygens (including phenoxy) is 1. The van der Waals surface area contributed by atoms with Gasteiger partial charge in [-0.25, -0.2) is 5.10 Å². The number of H-pyrrole nitrogens is 1. The average Bonchev–Trinajstić information content (AvgIpc) is 3.33. The van der Waals surface area contributed by atoms with Crippen molar-refractivity contribution in [2.45, 2.75) is 19.3 Å². The lowest BCUT2D eigenvalue weighted by molar-refractivity contribution is -0.121. The molecule has 170 valence electrons. The Morgan fingerprint density at radius 2 is 1.97 bits per heavy atom. The summed E-state index contributed by atoms with van der Waals surface area (Å²) in [5.41, 5.74) is 0.561. The summed E-state index contributed by atoms with van der Waals surface area (Å²) < 4.78 is 10.5. The maximum atomic E-state index is 12.1. The highest BCUT2D eigenvalue weighted by molar-refractivity contribution is 5.90. The lowest BCUT2D eigenvalue weighted by atomic mass is 10.2. The van der Waals surface area contributed by atoms with Gasteiger partial charge in [-0.3, -0.25) is 9.59 Å². The second-order valence-corrected chi connectivity index (χ2v) is 7.32. The summed E-state index contributed by atoms with van der Waals surface area (Å²) in [5, 5.41) is 17.9. The fourth-order valence-electron chi connectivity index (χ4n) is 3.32. The summed E-state index contributed by atoms with van der Waals surface area (Å²) >= 11 is 0. The van der Waals surface area contributed by atoms with Crippen molar-refractivity contribution in [3.8, 4) is 17.1 Å². The van der Waals surface area contributed by atoms with E-state index in [0.29, 0.717) is 54.6 Å². The van der Waals surface area contributed by atoms with Gasteiger partial charge in [0.15, 0.2) is 5.82 Å². The lowest BCUT2D eigenvalue weighted by Crippen LogP contribution is -2.26. The van der Waals surface area contributed by atoms with Crippen molar-refractivity contribution in [2.75, 3.05) is 25.5 Å². The fourth-order valence-corrected chi connectivity index (χ4v) is 3.32. The molecule has 1 amide bonds. The second kappa shape index (κ2) is 10.4. The summed E-state index contributed by atoms with van der Waals surface area (Å²) in [4.78, 5) is 28.3. The Morgan fingerprint density at radius 1 is 1.12 bits per heavy atom. The molecule has 0 saturated carbocycles. The molecule has 4 aromatic rings. The van der Waals surface area contributed by atoms with Crippen LogP contribution >= 0.6 is 0 Å². The molecule has 0 fully saturated rings. The molecule has 0 radical (unpaired) electrons. The molecule has 0 aliphatic rings. The molecule has 0 unspecified atom stereocenters. The van der Waals surface area contributed by atoms with Crippen LogP contribution in [0.25, 0.3) is 22.2 Å². The molecule has 2 aromatic heterocycles. The number of anilines is 1. The van der Waals surface area contributed by atoms with E-state index >= 15 is 0 Å². The maximum absolute atomic E-state index is 12.1. The van der Waals surface area contributed by atoms with E-state index in [2.05, 4.69) is 31.0 Å². The second-order valence-electron chi connectivity index (χ2n) is 7.32. The van der Waals surface area contributed by atoms with E-state index in [0.717, 1.165) is 10.9 Å². The van der Waals surface area contributed by atoms with Crippen LogP contribution in [0.15, 0.2) is 57.8 Å². The largest absolute Gasteiger partial charge is 0.497 e. The van der Waals surface area contributed by atoms with E-state index in [-0.39, 0.29) is 17.9 Å². The highest BCUT2D eigenvalue weighted by atomic mass is 16.5. The molecule has 0 aliphatic heterocycles. The van der Waals surface area contributed by atoms with Crippen LogP contribution in [0.5, 0.6) is 5.75 Å². The van der Waals surface area contributed by atoms with Gasteiger partial charge in [-0.1, -0.05) is 35.5 Å². The number of aryl methyl sites for hydroxylation is 1. The van der Waals surface area contributed by atoms with Crippen LogP contribution in [0.1, 0.15) is 18.7 Å². The highest BCUT2D eigenvalue weighted by Crippen LogP contribution is 2.21. The first-order valence-electron chi connectivity index (χ1n) is 10.6. The molecule has 2 aromatic carbocycles. The van der Waals surface area contributed by atoms with Crippen molar-refractivity contribution in [3.05, 3.63) is 64.8 Å². The molecule has 3 N–H and O–H groups in total. The van der Waals surface area contributed by atoms with Gasteiger partial charge in [-0.15, -0.1) is 0 Å². The number of rotatable bonds is 10. The monoisotopic (exact) mass is 448 g/mol. The molecule has 10 heteroatoms. The molecule has 2 heterocycles. The number of benzene rings is 2. The van der Waals surface area contributed by atoms with Crippen LogP contribution < -0.4 is 20.9 Å². The van der Waals surface area contributed by atoms with Crippen LogP contribution in [0, 0.1) is 0 Å². The number of aromatic amines is 1. The number of nitrogens with one attached hydrogen (secondary N) is 3. The molecule has 0 spiro atoms. The summed E-state index contributed by atoms with van der Waals surface area (Å²) in [6.45, 7) is 1.10. The quantitative estimate of drug-likeness (QED) is 0.315. The standard InChI is InChI=1S/C23H24N6O4/c1-32-16-7-4-6-15(14-16)21-26-20(33-29-21)11-10-19(30)24-12-5-13-25-22-17-8-2-3-9-18(17)23(31)28-27-22/h2-4,6-9,14H,5,10-13H2,1H3,(H,24,30)(H,25,27)(H,28,31). The summed E-state index contributed by atoms with van der Waals surface area (Å²) in [6, 6.07) is 14.6. The zero-order chi connectivity index (χ0) is 23.0. The molecular weight excluding hydrogens is 424 g/mol. The number of amides is 1. The first kappa shape index (κ1) is 22.0. The molecule has 4 rings (SSSR count). The Labute approximate surface area is 189 Å². The third-order valence-corrected chi connectivity index (χ3v) is 5.03. The average molecular weight is 448 g/mol. The molecule has 0 bridgehead atoms. The molecule has 10 nitrogen and oxygen atoms in total. The van der Waals surface area contributed by atoms with E-state index in [1.54, 1.807) is 13.2 Å². The number of carbonyl (C=O) groups excluding carboxylic acids is 1. The van der Waals surface area contributed by atoms with Crippen molar-refractivity contribution >= 4 is 22.5 Å². The molecule has 0 aliphatic carbocycles. The molecule has 0 saturated heterocycles. The first-order chi connectivity index (χ1) is 16.1. The van der Waals surface area contributed by atoms with Crippen LogP contribution in [0.4, 0.5) is 5.82 Å². The van der Waals surface area contributed by atoms with Crippen LogP contribution in [-0.2, 0) is 11.2 Å². The minimum atomic E-state index is -0.222. The van der Waals surface area contributed by atoms with Gasteiger partial charge >= 0.3 is 0 Å². The highest BCUT2D eigenvalue weighted by Gasteiger charge is 2.11. The predicted octanol–water partition coefficient (Wildman–Crippen LogP) is 2.53. The van der Waals surface area contributed by atoms with Crippen molar-refractivity contribution in [3.63, 3.8) is 0 Å². The van der Waals surface area contributed by atoms with Gasteiger partial charge in [-0.05, 0) is 24.6 Å². The number of aromatic nitrogens is 4. The normalized spacial score (nSPS) is 10.8. The Balaban J connectivity index is 1.19. The maximum Gasteiger partial charge on any atom is 0.272 e. The Hall–Kier alpha value is -4.21. The first-order valence-corrected chi connectivity index (χ1v) is 10.6. The minimum absolute atomic E-state index is 0.0938. The van der Waals surface area contributed by atoms with Crippen LogP contribution in [0.3, 0.4) is 0 Å². The Kier molecular flexibility index (Phi) is 6.93. The van der Waals surface area contributed by atoms with Gasteiger partial charge in [0.25, 0.3) is 5.56 Å². The Bertz CT molecular complexity index is 1300. The van der Waals surface area contributed by atoms with Gasteiger partial charge in [0.1, 0.15) is 5.75 Å². The van der Waals surface area contributed by atoms with Crippen LogP contribution in [-0.4, -0.2) is 46.4 Å². The van der Waals surface area contributed by atoms with E-state index in [1.807, 2.05) is 42.5 Å². The van der Waals surface area contributed by atoms with E-state index < -0.39 is 0 Å². The third kappa shape index (κ3) is 5.53. The Morgan fingerprint density at radius 3 is 2.82 bits per heavy atom. The van der Waals surface area contributed by atoms with Crippen molar-refractivity contribution < 1.29 is 14.1 Å². The molecule has 33 heavy (non-hydrogen) atoms. The number of hydrogen-bond acceptors (Lipinski definition) is 8. The van der Waals surface area contributed by atoms with E-state index in [1.165, 1.54) is 0 Å². The summed E-state index contributed by atoms with van der Waals surface area (Å²) in [7, 11) is 1.60. The van der Waals surface area contributed by atoms with E-state index in [4.69, 9.17) is 9.26 Å². The molecule has 0 atom stereocenters. The smallest absolute Gasteiger partial charge is 0.272 e. The minimum Gasteiger partial charge on any atom is -0.497 e. The topological polar surface area (TPSA) is 135 Å². The fraction of sp³-hybridized carbons (Fsp3) is 0.261. The van der Waals surface area contributed by atoms with Gasteiger partial charge in [-0.2, -0.15) is 10.1 Å². The SMILES string of the molecule is COc1cccc(-c2noc(CCC(=O)NCCCNc3n[nH]c(=O)c4ccccc34)n2)c1. The van der Waals surface area contributed by atoms with Crippen molar-refractivity contribution in [1.29, 1.82) is 0 Å². The van der Waals surface area contributed by atoms with Gasteiger partial charge in [0.05, 0.1) is 12.5 Å². The van der Waals surface area contributed by atoms with Crippen molar-refractivity contribution in [1.82, 2.24) is 25.7 Å². The number of nitrogens with zero attached hydrogens (tertiary/aromatic N) is 3. The zero-order valence-electron chi connectivity index (χ0n) is 18.1.